The van der Waals surface area contributed by atoms with Crippen molar-refractivity contribution in [3.8, 4) is 22.1 Å². The van der Waals surface area contributed by atoms with Crippen LogP contribution in [0.1, 0.15) is 16.7 Å². The molecule has 39 heavy (non-hydrogen) atoms. The van der Waals surface area contributed by atoms with Crippen molar-refractivity contribution in [3.63, 3.8) is 0 Å². The zero-order chi connectivity index (χ0) is 26.9. The van der Waals surface area contributed by atoms with Crippen LogP contribution < -0.4 is 14.4 Å². The van der Waals surface area contributed by atoms with Crippen molar-refractivity contribution in [2.45, 2.75) is 6.92 Å². The second-order valence-corrected chi connectivity index (χ2v) is 10.1. The molecule has 0 bridgehead atoms. The standard InChI is InChI=1S/C32H25N3O3S/c1-20-9-15-26-29(17-20)39-31(34-26)22-10-12-24(13-11-22)35-30(21-7-5-4-6-8-21)33-27(32(35)36)19-23-18-25(37-2)14-16-28(23)38-3/h4-19H,1-3H3/b27-19-. The van der Waals surface area contributed by atoms with E-state index in [-0.39, 0.29) is 5.91 Å². The Morgan fingerprint density at radius 1 is 0.846 bits per heavy atom. The fourth-order valence-corrected chi connectivity index (χ4v) is 5.61. The number of rotatable bonds is 6. The summed E-state index contributed by atoms with van der Waals surface area (Å²) < 4.78 is 12.1. The van der Waals surface area contributed by atoms with Crippen molar-refractivity contribution in [3.05, 3.63) is 113 Å². The van der Waals surface area contributed by atoms with Gasteiger partial charge in [-0.3, -0.25) is 9.69 Å². The van der Waals surface area contributed by atoms with E-state index in [1.54, 1.807) is 36.5 Å². The van der Waals surface area contributed by atoms with Crippen molar-refractivity contribution in [2.24, 2.45) is 4.99 Å². The lowest BCUT2D eigenvalue weighted by Crippen LogP contribution is -2.32. The summed E-state index contributed by atoms with van der Waals surface area (Å²) in [5.74, 6) is 1.64. The van der Waals surface area contributed by atoms with Crippen molar-refractivity contribution in [1.29, 1.82) is 0 Å². The van der Waals surface area contributed by atoms with Crippen LogP contribution in [0.5, 0.6) is 11.5 Å². The fraction of sp³-hybridized carbons (Fsp3) is 0.0938. The second kappa shape index (κ2) is 10.2. The highest BCUT2D eigenvalue weighted by Gasteiger charge is 2.32. The van der Waals surface area contributed by atoms with Gasteiger partial charge < -0.3 is 9.47 Å². The van der Waals surface area contributed by atoms with Gasteiger partial charge >= 0.3 is 0 Å². The van der Waals surface area contributed by atoms with Gasteiger partial charge in [-0.1, -0.05) is 36.4 Å². The van der Waals surface area contributed by atoms with Gasteiger partial charge in [0.15, 0.2) is 0 Å². The number of thiazole rings is 1. The molecule has 0 saturated carbocycles. The van der Waals surface area contributed by atoms with Crippen LogP contribution in [0.4, 0.5) is 5.69 Å². The molecule has 1 amide bonds. The van der Waals surface area contributed by atoms with Crippen LogP contribution >= 0.6 is 11.3 Å². The molecule has 5 aromatic rings. The van der Waals surface area contributed by atoms with Crippen LogP contribution in [0.2, 0.25) is 0 Å². The van der Waals surface area contributed by atoms with E-state index in [1.807, 2.05) is 72.8 Å². The monoisotopic (exact) mass is 531 g/mol. The summed E-state index contributed by atoms with van der Waals surface area (Å²) in [5.41, 5.74) is 5.79. The van der Waals surface area contributed by atoms with Crippen LogP contribution in [0.25, 0.3) is 26.9 Å². The first-order chi connectivity index (χ1) is 19.0. The molecule has 1 aliphatic rings. The topological polar surface area (TPSA) is 64.0 Å². The third-order valence-corrected chi connectivity index (χ3v) is 7.61. The first-order valence-electron chi connectivity index (χ1n) is 12.4. The molecular weight excluding hydrogens is 506 g/mol. The van der Waals surface area contributed by atoms with Crippen molar-refractivity contribution in [2.75, 3.05) is 19.1 Å². The molecule has 0 unspecified atom stereocenters. The summed E-state index contributed by atoms with van der Waals surface area (Å²) in [7, 11) is 3.20. The molecule has 0 saturated heterocycles. The molecule has 192 valence electrons. The highest BCUT2D eigenvalue weighted by Crippen LogP contribution is 2.34. The molecule has 0 atom stereocenters. The second-order valence-electron chi connectivity index (χ2n) is 9.12. The molecule has 0 fully saturated rings. The number of hydrogen-bond acceptors (Lipinski definition) is 6. The molecule has 4 aromatic carbocycles. The van der Waals surface area contributed by atoms with E-state index in [9.17, 15) is 4.79 Å². The maximum Gasteiger partial charge on any atom is 0.282 e. The first kappa shape index (κ1) is 24.6. The third kappa shape index (κ3) is 4.69. The van der Waals surface area contributed by atoms with E-state index in [2.05, 4.69) is 25.1 Å². The summed E-state index contributed by atoms with van der Waals surface area (Å²) >= 11 is 1.66. The normalized spacial score (nSPS) is 14.2. The molecule has 1 aliphatic heterocycles. The van der Waals surface area contributed by atoms with Crippen molar-refractivity contribution in [1.82, 2.24) is 4.98 Å². The zero-order valence-corrected chi connectivity index (χ0v) is 22.5. The maximum absolute atomic E-state index is 13.8. The van der Waals surface area contributed by atoms with E-state index in [0.29, 0.717) is 28.6 Å². The van der Waals surface area contributed by atoms with E-state index in [0.717, 1.165) is 32.0 Å². The minimum atomic E-state index is -0.220. The van der Waals surface area contributed by atoms with E-state index in [4.69, 9.17) is 19.5 Å². The summed E-state index contributed by atoms with van der Waals surface area (Å²) in [6, 6.07) is 29.3. The molecule has 0 radical (unpaired) electrons. The lowest BCUT2D eigenvalue weighted by molar-refractivity contribution is -0.113. The van der Waals surface area contributed by atoms with Gasteiger partial charge in [0.25, 0.3) is 5.91 Å². The maximum atomic E-state index is 13.8. The Hall–Kier alpha value is -4.75. The smallest absolute Gasteiger partial charge is 0.282 e. The van der Waals surface area contributed by atoms with Gasteiger partial charge in [0.2, 0.25) is 0 Å². The Morgan fingerprint density at radius 3 is 2.38 bits per heavy atom. The van der Waals surface area contributed by atoms with Crippen LogP contribution in [0, 0.1) is 6.92 Å². The van der Waals surface area contributed by atoms with E-state index in [1.165, 1.54) is 5.56 Å². The molecule has 6 nitrogen and oxygen atoms in total. The molecule has 2 heterocycles. The zero-order valence-electron chi connectivity index (χ0n) is 21.7. The number of aliphatic imine (C=N–C) groups is 1. The Labute approximate surface area is 230 Å². The van der Waals surface area contributed by atoms with Crippen molar-refractivity contribution >= 4 is 45.1 Å². The number of anilines is 1. The predicted octanol–water partition coefficient (Wildman–Crippen LogP) is 7.12. The SMILES string of the molecule is COc1ccc(OC)c(/C=C2\N=C(c3ccccc3)N(c3ccc(-c4nc5ccc(C)cc5s4)cc3)C2=O)c1. The average molecular weight is 532 g/mol. The largest absolute Gasteiger partial charge is 0.497 e. The molecular formula is C32H25N3O3S. The first-order valence-corrected chi connectivity index (χ1v) is 13.3. The summed E-state index contributed by atoms with van der Waals surface area (Å²) in [6.45, 7) is 2.08. The predicted molar refractivity (Wildman–Crippen MR) is 158 cm³/mol. The Balaban J connectivity index is 1.39. The molecule has 0 aliphatic carbocycles. The lowest BCUT2D eigenvalue weighted by atomic mass is 10.1. The number of methoxy groups -OCH3 is 2. The van der Waals surface area contributed by atoms with E-state index >= 15 is 0 Å². The molecule has 7 heteroatoms. The number of carbonyl (C=O) groups excluding carboxylic acids is 1. The minimum absolute atomic E-state index is 0.220. The highest BCUT2D eigenvalue weighted by molar-refractivity contribution is 7.21. The number of carbonyl (C=O) groups is 1. The summed E-state index contributed by atoms with van der Waals surface area (Å²) in [5, 5.41) is 0.942. The Bertz CT molecular complexity index is 1760. The lowest BCUT2D eigenvalue weighted by Gasteiger charge is -2.19. The third-order valence-electron chi connectivity index (χ3n) is 6.54. The van der Waals surface area contributed by atoms with Crippen LogP contribution in [-0.4, -0.2) is 30.9 Å². The van der Waals surface area contributed by atoms with Crippen LogP contribution in [0.15, 0.2) is 102 Å². The van der Waals surface area contributed by atoms with Gasteiger partial charge in [0, 0.05) is 16.7 Å². The van der Waals surface area contributed by atoms with Crippen molar-refractivity contribution < 1.29 is 14.3 Å². The number of aryl methyl sites for hydroxylation is 1. The molecule has 0 N–H and O–H groups in total. The fourth-order valence-electron chi connectivity index (χ4n) is 4.54. The Morgan fingerprint density at radius 2 is 1.64 bits per heavy atom. The number of amides is 1. The number of ether oxygens (including phenoxy) is 2. The van der Waals surface area contributed by atoms with Crippen LogP contribution in [-0.2, 0) is 4.79 Å². The van der Waals surface area contributed by atoms with Gasteiger partial charge in [-0.2, -0.15) is 0 Å². The summed E-state index contributed by atoms with van der Waals surface area (Å²) in [6.07, 6.45) is 1.74. The van der Waals surface area contributed by atoms with Gasteiger partial charge in [-0.15, -0.1) is 11.3 Å². The number of nitrogens with zero attached hydrogens (tertiary/aromatic N) is 3. The average Bonchev–Trinajstić information content (AvgIpc) is 3.54. The number of amidine groups is 1. The number of benzene rings is 4. The molecule has 6 rings (SSSR count). The highest BCUT2D eigenvalue weighted by atomic mass is 32.1. The quantitative estimate of drug-likeness (QED) is 0.219. The van der Waals surface area contributed by atoms with E-state index < -0.39 is 0 Å². The van der Waals surface area contributed by atoms with Crippen LogP contribution in [0.3, 0.4) is 0 Å². The van der Waals surface area contributed by atoms with Gasteiger partial charge in [0.05, 0.1) is 30.1 Å². The number of fused-ring (bicyclic) bond motifs is 1. The summed E-state index contributed by atoms with van der Waals surface area (Å²) in [4.78, 5) is 25.1. The number of aromatic nitrogens is 1. The minimum Gasteiger partial charge on any atom is -0.497 e. The molecule has 0 spiro atoms. The van der Waals surface area contributed by atoms with Gasteiger partial charge in [0.1, 0.15) is 28.0 Å². The van der Waals surface area contributed by atoms with Gasteiger partial charge in [-0.05, 0) is 73.2 Å². The number of hydrogen-bond donors (Lipinski definition) is 0. The Kier molecular flexibility index (Phi) is 6.42. The van der Waals surface area contributed by atoms with Gasteiger partial charge in [-0.25, -0.2) is 9.98 Å². The molecule has 1 aromatic heterocycles.